The third kappa shape index (κ3) is 10.7. The summed E-state index contributed by atoms with van der Waals surface area (Å²) >= 11 is 0. The molecule has 0 fully saturated rings. The highest BCUT2D eigenvalue weighted by Crippen LogP contribution is 2.45. The van der Waals surface area contributed by atoms with Gasteiger partial charge in [-0.05, 0) is 129 Å². The Hall–Kier alpha value is -15.7. The third-order valence-corrected chi connectivity index (χ3v) is 20.2. The predicted octanol–water partition coefficient (Wildman–Crippen LogP) is 26.9. The zero-order valence-corrected chi connectivity index (χ0v) is 59.0. The first-order chi connectivity index (χ1) is 66.5. The zero-order valence-electron chi connectivity index (χ0n) is 83.0. The van der Waals surface area contributed by atoms with Crippen molar-refractivity contribution in [3.8, 4) is 102 Å². The van der Waals surface area contributed by atoms with E-state index in [1.165, 1.54) is 4.57 Å². The van der Waals surface area contributed by atoms with Crippen molar-refractivity contribution in [2.75, 3.05) is 0 Å². The molecule has 114 heavy (non-hydrogen) atoms. The van der Waals surface area contributed by atoms with Gasteiger partial charge < -0.3 is 17.7 Å². The summed E-state index contributed by atoms with van der Waals surface area (Å²) in [6, 6.07) is 54.7. The van der Waals surface area contributed by atoms with E-state index in [0.29, 0.717) is 50.0 Å². The molecule has 24 aromatic rings. The molecule has 0 N–H and O–H groups in total. The summed E-state index contributed by atoms with van der Waals surface area (Å²) in [6.07, 6.45) is 0. The summed E-state index contributed by atoms with van der Waals surface area (Å²) in [7, 11) is 0. The van der Waals surface area contributed by atoms with E-state index >= 15 is 0 Å². The van der Waals surface area contributed by atoms with E-state index < -0.39 is 114 Å². The number of benzene rings is 16. The maximum absolute atomic E-state index is 9.87. The molecule has 8 aromatic heterocycles. The predicted molar refractivity (Wildman–Crippen MR) is 461 cm³/mol. The van der Waals surface area contributed by atoms with Gasteiger partial charge in [0.1, 0.15) is 44.7 Å². The highest BCUT2D eigenvalue weighted by Gasteiger charge is 2.25. The monoisotopic (exact) mass is 1480 g/mol. The lowest BCUT2D eigenvalue weighted by molar-refractivity contribution is 0.668. The van der Waals surface area contributed by atoms with Gasteiger partial charge in [0.2, 0.25) is 11.9 Å². The highest BCUT2D eigenvalue weighted by molar-refractivity contribution is 6.20. The Bertz CT molecular complexity index is 9500. The largest absolute Gasteiger partial charge is 0.456 e. The Labute approximate surface area is 683 Å². The van der Waals surface area contributed by atoms with Gasteiger partial charge in [-0.2, -0.15) is 19.9 Å². The molecule has 8 heterocycles. The van der Waals surface area contributed by atoms with Gasteiger partial charge in [0.15, 0.2) is 23.3 Å². The molecular weight excluding hydrogens is 1400 g/mol. The van der Waals surface area contributed by atoms with Crippen molar-refractivity contribution in [2.24, 2.45) is 0 Å². The Kier molecular flexibility index (Phi) is 10.2. The van der Waals surface area contributed by atoms with Crippen molar-refractivity contribution >= 4 is 131 Å². The second-order valence-electron chi connectivity index (χ2n) is 26.9. The van der Waals surface area contributed by atoms with E-state index in [9.17, 15) is 16.4 Å². The first-order valence-corrected chi connectivity index (χ1v) is 36.1. The summed E-state index contributed by atoms with van der Waals surface area (Å²) in [5, 5.41) is 2.29. The van der Waals surface area contributed by atoms with Crippen LogP contribution in [0.4, 0.5) is 0 Å². The Morgan fingerprint density at radius 2 is 0.623 bits per heavy atom. The van der Waals surface area contributed by atoms with Crippen molar-refractivity contribution < 1.29 is 50.6 Å². The van der Waals surface area contributed by atoms with Crippen LogP contribution in [-0.4, -0.2) is 39.0 Å². The van der Waals surface area contributed by atoms with Gasteiger partial charge in [-0.1, -0.05) is 267 Å². The van der Waals surface area contributed by atoms with Crippen LogP contribution in [0.15, 0.2) is 381 Å². The molecule has 12 nitrogen and oxygen atoms in total. The molecule has 0 amide bonds. The van der Waals surface area contributed by atoms with Crippen LogP contribution in [-0.2, 0) is 0 Å². The van der Waals surface area contributed by atoms with E-state index in [1.54, 1.807) is 103 Å². The number of furan rings is 4. The highest BCUT2D eigenvalue weighted by atomic mass is 16.3. The number of hydrogen-bond acceptors (Lipinski definition) is 10. The molecule has 0 unspecified atom stereocenters. The summed E-state index contributed by atoms with van der Waals surface area (Å²) < 4.78 is 247. The van der Waals surface area contributed by atoms with Crippen molar-refractivity contribution in [1.82, 2.24) is 39.0 Å². The van der Waals surface area contributed by atoms with Crippen LogP contribution < -0.4 is 0 Å². The van der Waals surface area contributed by atoms with Gasteiger partial charge in [-0.25, -0.2) is 9.97 Å². The lowest BCUT2D eigenvalue weighted by Crippen LogP contribution is -2.06. The molecule has 0 saturated carbocycles. The first-order valence-electron chi connectivity index (χ1n) is 48.1. The summed E-state index contributed by atoms with van der Waals surface area (Å²) in [5.74, 6) is -1.01. The summed E-state index contributed by atoms with van der Waals surface area (Å²) in [5.41, 5.74) is 5.94. The average Bonchev–Trinajstić information content (AvgIpc) is 1.53. The van der Waals surface area contributed by atoms with Gasteiger partial charge in [-0.3, -0.25) is 9.13 Å². The van der Waals surface area contributed by atoms with Gasteiger partial charge in [0, 0.05) is 99.0 Å². The minimum Gasteiger partial charge on any atom is -0.456 e. The molecule has 0 bridgehead atoms. The van der Waals surface area contributed by atoms with Crippen LogP contribution >= 0.6 is 0 Å². The molecule has 12 heteroatoms. The van der Waals surface area contributed by atoms with Crippen LogP contribution in [0.3, 0.4) is 0 Å². The van der Waals surface area contributed by atoms with E-state index in [-0.39, 0.29) is 176 Å². The van der Waals surface area contributed by atoms with Crippen LogP contribution in [0.25, 0.3) is 233 Å². The normalized spacial score (nSPS) is 14.8. The lowest BCUT2D eigenvalue weighted by atomic mass is 9.99. The number of aromatic nitrogens is 8. The standard InChI is InChI=1S/2C51H30N4O2/c1-4-13-31(14-5-1)34-24-26-44-40(27-34)41-29-39-37-19-10-11-21-42(37)55(43(39)30-47(41)56-44)51-53-49(33-17-8-3-9-18-33)52-50(54-51)35-23-25-38-46(28-35)57-45-22-12-20-36(48(38)45)32-15-6-2-7-16-32;1-4-13-31(14-5-1)34-23-25-38-41-29-40-37-19-10-11-21-42(37)55(43(40)30-47(41)57-45(38)27-34)51-53-49(33-17-8-3-9-18-33)52-50(54-51)35-24-26-39-46(28-35)56-44-22-12-20-36(48(39)44)32-15-6-2-7-16-32/h2*1-30H/i3D,8D,9D,10D,11D,17D,18D,19D,21D,24D,26D,27D,29D,30D;10D,11D,19D,21D,23D,25D,27D,28D,29D,30D. The van der Waals surface area contributed by atoms with Crippen molar-refractivity contribution in [2.45, 2.75) is 0 Å². The number of nitrogens with zero attached hydrogens (tertiary/aromatic N) is 8. The molecule has 16 aromatic carbocycles. The van der Waals surface area contributed by atoms with Crippen LogP contribution in [0, 0.1) is 0 Å². The lowest BCUT2D eigenvalue weighted by Gasteiger charge is -2.11. The Morgan fingerprint density at radius 3 is 1.20 bits per heavy atom. The fourth-order valence-corrected chi connectivity index (χ4v) is 15.0. The van der Waals surface area contributed by atoms with Crippen LogP contribution in [0.5, 0.6) is 0 Å². The second kappa shape index (κ2) is 26.0. The minimum atomic E-state index is -0.679. The summed E-state index contributed by atoms with van der Waals surface area (Å²) in [4.78, 5) is 28.9. The van der Waals surface area contributed by atoms with E-state index in [4.69, 9.17) is 59.0 Å². The average molecular weight is 1490 g/mol. The smallest absolute Gasteiger partial charge is 0.238 e. The molecule has 0 atom stereocenters. The Balaban J connectivity index is 0.000000155. The quantitative estimate of drug-likeness (QED) is 0.130. The molecule has 0 saturated heterocycles. The Morgan fingerprint density at radius 1 is 0.211 bits per heavy atom. The first kappa shape index (κ1) is 44.7. The topological polar surface area (TPSA) is 140 Å². The van der Waals surface area contributed by atoms with Crippen LogP contribution in [0.1, 0.15) is 32.9 Å². The molecule has 0 spiro atoms. The van der Waals surface area contributed by atoms with E-state index in [2.05, 4.69) is 4.98 Å². The molecule has 0 aliphatic carbocycles. The van der Waals surface area contributed by atoms with Gasteiger partial charge in [0.25, 0.3) is 0 Å². The molecule has 532 valence electrons. The van der Waals surface area contributed by atoms with E-state index in [1.807, 2.05) is 115 Å². The second-order valence-corrected chi connectivity index (χ2v) is 26.9. The minimum absolute atomic E-state index is 0.0203. The number of hydrogen-bond donors (Lipinski definition) is 0. The SMILES string of the molecule is [2H]c1c(-c2ccccc2)c([2H])c2oc3c([2H])c4c(c([2H])c3c2c1[2H])c1c([2H])c([2H])c([2H])c([2H])c1n4-c1nc(-c2ccccc2)nc(-c2ccc3c(oc4cccc(-c5ccccc5)c43)c2[2H])n1.[2H]c1c([2H])c([2H])c(-c2nc(-c3ccc4c(c3)oc3cccc(-c5ccccc5)c34)nc(-n3c4c([2H])c([2H])c([2H])c([2H])c4c4c([2H])c5c(oc6c([2H])c([2H])c(-c7ccccc7)c([2H])c65)c([2H])c43)n2)c([2H])c1[2H]. The molecule has 0 radical (unpaired) electrons. The van der Waals surface area contributed by atoms with E-state index in [0.717, 1.165) is 43.0 Å². The van der Waals surface area contributed by atoms with Gasteiger partial charge in [0.05, 0.1) is 55.0 Å². The number of fused-ring (bicyclic) bond motifs is 18. The maximum Gasteiger partial charge on any atom is 0.238 e. The summed E-state index contributed by atoms with van der Waals surface area (Å²) in [6.45, 7) is 0. The fraction of sp³-hybridized carbons (Fsp3) is 0. The van der Waals surface area contributed by atoms with Crippen molar-refractivity contribution in [1.29, 1.82) is 0 Å². The number of rotatable bonds is 10. The van der Waals surface area contributed by atoms with Crippen molar-refractivity contribution in [3.05, 3.63) is 363 Å². The van der Waals surface area contributed by atoms with Crippen molar-refractivity contribution in [3.63, 3.8) is 0 Å². The number of para-hydroxylation sites is 2. The maximum atomic E-state index is 9.87. The van der Waals surface area contributed by atoms with Gasteiger partial charge >= 0.3 is 0 Å². The molecule has 0 aliphatic rings. The zero-order chi connectivity index (χ0) is 95.8. The molecule has 0 aliphatic heterocycles. The fourth-order valence-electron chi connectivity index (χ4n) is 15.0. The van der Waals surface area contributed by atoms with Crippen LogP contribution in [0.2, 0.25) is 0 Å². The molecule has 24 rings (SSSR count). The van der Waals surface area contributed by atoms with Gasteiger partial charge in [-0.15, -0.1) is 0 Å². The molecular formula is C102H60N8O4. The third-order valence-electron chi connectivity index (χ3n) is 20.2.